The van der Waals surface area contributed by atoms with Gasteiger partial charge in [-0.15, -0.1) is 0 Å². The van der Waals surface area contributed by atoms with Gasteiger partial charge in [-0.1, -0.05) is 18.2 Å². The lowest BCUT2D eigenvalue weighted by Gasteiger charge is -2.22. The summed E-state index contributed by atoms with van der Waals surface area (Å²) in [5.41, 5.74) is 2.49. The van der Waals surface area contributed by atoms with E-state index in [0.717, 1.165) is 18.9 Å². The van der Waals surface area contributed by atoms with E-state index < -0.39 is 0 Å². The maximum Gasteiger partial charge on any atom is 0.127 e. The van der Waals surface area contributed by atoms with Crippen molar-refractivity contribution in [2.75, 3.05) is 19.0 Å². The molecule has 1 aliphatic rings. The van der Waals surface area contributed by atoms with Gasteiger partial charge in [0.2, 0.25) is 0 Å². The van der Waals surface area contributed by atoms with E-state index in [0.29, 0.717) is 11.8 Å². The van der Waals surface area contributed by atoms with E-state index in [1.165, 1.54) is 24.0 Å². The van der Waals surface area contributed by atoms with Gasteiger partial charge in [0.15, 0.2) is 0 Å². The molecule has 0 radical (unpaired) electrons. The summed E-state index contributed by atoms with van der Waals surface area (Å²) in [6.45, 7) is 1.84. The lowest BCUT2D eigenvalue weighted by atomic mass is 10.2. The smallest absolute Gasteiger partial charge is 0.127 e. The summed E-state index contributed by atoms with van der Waals surface area (Å²) in [5.74, 6) is 1.31. The molecule has 0 bridgehead atoms. The molecular formula is C18H23N3O. The molecular weight excluding hydrogens is 274 g/mol. The van der Waals surface area contributed by atoms with Gasteiger partial charge in [-0.2, -0.15) is 0 Å². The molecule has 116 valence electrons. The van der Waals surface area contributed by atoms with E-state index in [1.54, 1.807) is 12.1 Å². The van der Waals surface area contributed by atoms with Gasteiger partial charge < -0.3 is 10.0 Å². The Hall–Kier alpha value is -2.07. The Morgan fingerprint density at radius 3 is 2.18 bits per heavy atom. The summed E-state index contributed by atoms with van der Waals surface area (Å²) >= 11 is 0. The number of aromatic hydroxyl groups is 1. The molecule has 0 saturated heterocycles. The number of pyridine rings is 1. The van der Waals surface area contributed by atoms with E-state index in [1.807, 2.05) is 37.3 Å². The lowest BCUT2D eigenvalue weighted by molar-refractivity contribution is 0.245. The Balaban J connectivity index is 1.67. The first-order valence-electron chi connectivity index (χ1n) is 7.76. The van der Waals surface area contributed by atoms with Crippen LogP contribution < -0.4 is 4.90 Å². The highest BCUT2D eigenvalue weighted by Gasteiger charge is 2.28. The Kier molecular flexibility index (Phi) is 4.29. The van der Waals surface area contributed by atoms with E-state index in [9.17, 15) is 5.11 Å². The first-order valence-corrected chi connectivity index (χ1v) is 7.76. The summed E-state index contributed by atoms with van der Waals surface area (Å²) in [6.07, 6.45) is 4.53. The zero-order valence-electron chi connectivity index (χ0n) is 13.2. The zero-order valence-corrected chi connectivity index (χ0v) is 13.2. The molecule has 1 aliphatic carbocycles. The Bertz CT molecular complexity index is 603. The van der Waals surface area contributed by atoms with Crippen LogP contribution in [0.2, 0.25) is 0 Å². The molecule has 0 aliphatic heterocycles. The molecule has 4 nitrogen and oxygen atoms in total. The third kappa shape index (κ3) is 3.77. The number of phenols is 1. The minimum Gasteiger partial charge on any atom is -0.508 e. The standard InChI is InChI=1S/C18H23N3O/c1-20(2)18-10-5-15(11-19-18)13-21(16-6-7-16)12-14-3-8-17(22)9-4-14/h3-5,8-11,16,22H,6-7,12-13H2,1-2H3. The van der Waals surface area contributed by atoms with Gasteiger partial charge in [0.25, 0.3) is 0 Å². The number of hydrogen-bond acceptors (Lipinski definition) is 4. The Labute approximate surface area is 132 Å². The molecule has 0 amide bonds. The van der Waals surface area contributed by atoms with Crippen molar-refractivity contribution in [3.63, 3.8) is 0 Å². The fourth-order valence-corrected chi connectivity index (χ4v) is 2.60. The molecule has 1 aromatic heterocycles. The largest absolute Gasteiger partial charge is 0.508 e. The highest BCUT2D eigenvalue weighted by atomic mass is 16.3. The van der Waals surface area contributed by atoms with Gasteiger partial charge in [0.05, 0.1) is 0 Å². The van der Waals surface area contributed by atoms with Crippen molar-refractivity contribution in [1.29, 1.82) is 0 Å². The normalized spacial score (nSPS) is 14.3. The molecule has 1 saturated carbocycles. The molecule has 22 heavy (non-hydrogen) atoms. The van der Waals surface area contributed by atoms with E-state index in [-0.39, 0.29) is 0 Å². The minimum absolute atomic E-state index is 0.324. The van der Waals surface area contributed by atoms with Gasteiger partial charge >= 0.3 is 0 Å². The van der Waals surface area contributed by atoms with Crippen LogP contribution in [0.3, 0.4) is 0 Å². The fourth-order valence-electron chi connectivity index (χ4n) is 2.60. The van der Waals surface area contributed by atoms with Crippen LogP contribution in [0, 0.1) is 0 Å². The Morgan fingerprint density at radius 1 is 1.00 bits per heavy atom. The highest BCUT2D eigenvalue weighted by molar-refractivity contribution is 5.37. The van der Waals surface area contributed by atoms with Gasteiger partial charge in [0.1, 0.15) is 11.6 Å². The summed E-state index contributed by atoms with van der Waals surface area (Å²) in [4.78, 5) is 9.01. The van der Waals surface area contributed by atoms with Gasteiger partial charge in [-0.25, -0.2) is 4.98 Å². The van der Waals surface area contributed by atoms with Crippen LogP contribution in [0.15, 0.2) is 42.6 Å². The quantitative estimate of drug-likeness (QED) is 0.889. The monoisotopic (exact) mass is 297 g/mol. The van der Waals surface area contributed by atoms with Gasteiger partial charge in [-0.3, -0.25) is 4.90 Å². The summed E-state index contributed by atoms with van der Waals surface area (Å²) < 4.78 is 0. The van der Waals surface area contributed by atoms with Gasteiger partial charge in [0, 0.05) is 39.4 Å². The average Bonchev–Trinajstić information content (AvgIpc) is 3.34. The number of nitrogens with zero attached hydrogens (tertiary/aromatic N) is 3. The van der Waals surface area contributed by atoms with Crippen molar-refractivity contribution in [2.45, 2.75) is 32.0 Å². The van der Waals surface area contributed by atoms with Crippen molar-refractivity contribution >= 4 is 5.82 Å². The molecule has 0 unspecified atom stereocenters. The van der Waals surface area contributed by atoms with Gasteiger partial charge in [-0.05, 0) is 42.2 Å². The molecule has 2 aromatic rings. The number of rotatable bonds is 6. The van der Waals surface area contributed by atoms with Crippen molar-refractivity contribution < 1.29 is 5.11 Å². The minimum atomic E-state index is 0.324. The molecule has 3 rings (SSSR count). The number of hydrogen-bond donors (Lipinski definition) is 1. The van der Waals surface area contributed by atoms with Crippen LogP contribution in [0.1, 0.15) is 24.0 Å². The topological polar surface area (TPSA) is 39.6 Å². The first-order chi connectivity index (χ1) is 10.6. The zero-order chi connectivity index (χ0) is 15.5. The number of anilines is 1. The number of benzene rings is 1. The highest BCUT2D eigenvalue weighted by Crippen LogP contribution is 2.30. The lowest BCUT2D eigenvalue weighted by Crippen LogP contribution is -2.25. The molecule has 1 aromatic carbocycles. The molecule has 4 heteroatoms. The van der Waals surface area contributed by atoms with Crippen molar-refractivity contribution in [3.8, 4) is 5.75 Å². The molecule has 1 N–H and O–H groups in total. The van der Waals surface area contributed by atoms with Crippen LogP contribution in [-0.4, -0.2) is 35.1 Å². The predicted molar refractivity (Wildman–Crippen MR) is 88.9 cm³/mol. The molecule has 1 heterocycles. The maximum absolute atomic E-state index is 9.39. The first kappa shape index (κ1) is 14.9. The number of aromatic nitrogens is 1. The van der Waals surface area contributed by atoms with Crippen LogP contribution in [0.25, 0.3) is 0 Å². The van der Waals surface area contributed by atoms with Crippen LogP contribution in [0.5, 0.6) is 5.75 Å². The average molecular weight is 297 g/mol. The van der Waals surface area contributed by atoms with Crippen LogP contribution in [0.4, 0.5) is 5.82 Å². The SMILES string of the molecule is CN(C)c1ccc(CN(Cc2ccc(O)cc2)C2CC2)cn1. The Morgan fingerprint density at radius 2 is 1.64 bits per heavy atom. The second-order valence-corrected chi connectivity index (χ2v) is 6.22. The summed E-state index contributed by atoms with van der Waals surface area (Å²) in [5, 5.41) is 9.39. The fraction of sp³-hybridized carbons (Fsp3) is 0.389. The third-order valence-corrected chi connectivity index (χ3v) is 4.04. The third-order valence-electron chi connectivity index (χ3n) is 4.04. The summed E-state index contributed by atoms with van der Waals surface area (Å²) in [7, 11) is 4.01. The van der Waals surface area contributed by atoms with Crippen LogP contribution in [-0.2, 0) is 13.1 Å². The van der Waals surface area contributed by atoms with Crippen LogP contribution >= 0.6 is 0 Å². The van der Waals surface area contributed by atoms with Crippen molar-refractivity contribution in [1.82, 2.24) is 9.88 Å². The van der Waals surface area contributed by atoms with E-state index in [2.05, 4.69) is 22.0 Å². The second-order valence-electron chi connectivity index (χ2n) is 6.22. The molecule has 0 atom stereocenters. The van der Waals surface area contributed by atoms with E-state index in [4.69, 9.17) is 0 Å². The predicted octanol–water partition coefficient (Wildman–Crippen LogP) is 3.02. The number of phenolic OH excluding ortho intramolecular Hbond substituents is 1. The summed E-state index contributed by atoms with van der Waals surface area (Å²) in [6, 6.07) is 12.4. The maximum atomic E-state index is 9.39. The van der Waals surface area contributed by atoms with Crippen molar-refractivity contribution in [3.05, 3.63) is 53.7 Å². The van der Waals surface area contributed by atoms with Crippen molar-refractivity contribution in [2.24, 2.45) is 0 Å². The molecule has 1 fully saturated rings. The molecule has 0 spiro atoms. The van der Waals surface area contributed by atoms with E-state index >= 15 is 0 Å². The second kappa shape index (κ2) is 6.36.